The van der Waals surface area contributed by atoms with Gasteiger partial charge in [-0.2, -0.15) is 5.10 Å². The molecule has 1 aliphatic heterocycles. The molecule has 1 aromatic heterocycles. The summed E-state index contributed by atoms with van der Waals surface area (Å²) in [6.07, 6.45) is 0. The van der Waals surface area contributed by atoms with E-state index in [1.165, 1.54) is 11.3 Å². The smallest absolute Gasteiger partial charge is 0.260 e. The van der Waals surface area contributed by atoms with Crippen molar-refractivity contribution in [3.05, 3.63) is 71.5 Å². The summed E-state index contributed by atoms with van der Waals surface area (Å²) in [5.74, 6) is 1.25. The van der Waals surface area contributed by atoms with E-state index in [4.69, 9.17) is 9.84 Å². The average molecular weight is 433 g/mol. The molecule has 1 saturated heterocycles. The van der Waals surface area contributed by atoms with E-state index in [9.17, 15) is 4.79 Å². The molecular weight excluding hydrogens is 400 g/mol. The van der Waals surface area contributed by atoms with Crippen LogP contribution in [0.15, 0.2) is 54.6 Å². The predicted molar refractivity (Wildman–Crippen MR) is 128 cm³/mol. The molecule has 0 spiro atoms. The van der Waals surface area contributed by atoms with E-state index in [0.29, 0.717) is 19.0 Å². The molecular formula is C26H32N4O2. The number of rotatable bonds is 6. The Kier molecular flexibility index (Phi) is 6.49. The highest BCUT2D eigenvalue weighted by Crippen LogP contribution is 2.27. The summed E-state index contributed by atoms with van der Waals surface area (Å²) in [5, 5.41) is 4.76. The Morgan fingerprint density at radius 3 is 2.25 bits per heavy atom. The largest absolute Gasteiger partial charge is 0.484 e. The molecule has 2 heterocycles. The van der Waals surface area contributed by atoms with Crippen molar-refractivity contribution in [3.8, 4) is 11.4 Å². The molecule has 0 aliphatic carbocycles. The zero-order chi connectivity index (χ0) is 22.7. The summed E-state index contributed by atoms with van der Waals surface area (Å²) in [4.78, 5) is 16.9. The monoisotopic (exact) mass is 432 g/mol. The van der Waals surface area contributed by atoms with Crippen LogP contribution in [0.25, 0.3) is 5.69 Å². The van der Waals surface area contributed by atoms with E-state index >= 15 is 0 Å². The van der Waals surface area contributed by atoms with Crippen LogP contribution in [-0.2, 0) is 4.79 Å². The van der Waals surface area contributed by atoms with Crippen molar-refractivity contribution in [2.24, 2.45) is 0 Å². The number of piperazine rings is 1. The van der Waals surface area contributed by atoms with Crippen LogP contribution >= 0.6 is 0 Å². The first-order chi connectivity index (χ1) is 15.4. The normalized spacial score (nSPS) is 14.2. The Labute approximate surface area is 190 Å². The molecule has 0 unspecified atom stereocenters. The average Bonchev–Trinajstić information content (AvgIpc) is 3.12. The molecule has 0 saturated carbocycles. The topological polar surface area (TPSA) is 50.6 Å². The Morgan fingerprint density at radius 1 is 0.969 bits per heavy atom. The summed E-state index contributed by atoms with van der Waals surface area (Å²) in [6.45, 7) is 11.5. The lowest BCUT2D eigenvalue weighted by molar-refractivity contribution is -0.133. The third-order valence-corrected chi connectivity index (χ3v) is 6.11. The molecule has 0 atom stereocenters. The van der Waals surface area contributed by atoms with E-state index in [1.807, 2.05) is 39.9 Å². The van der Waals surface area contributed by atoms with Gasteiger partial charge in [-0.3, -0.25) is 4.79 Å². The molecule has 168 valence electrons. The molecule has 6 nitrogen and oxygen atoms in total. The molecule has 1 fully saturated rings. The minimum atomic E-state index is 0.0333. The van der Waals surface area contributed by atoms with Gasteiger partial charge in [0.15, 0.2) is 6.61 Å². The van der Waals surface area contributed by atoms with Gasteiger partial charge in [0.25, 0.3) is 5.91 Å². The fraction of sp³-hybridized carbons (Fsp3) is 0.385. The number of carbonyl (C=O) groups is 1. The van der Waals surface area contributed by atoms with Crippen molar-refractivity contribution in [1.82, 2.24) is 14.7 Å². The molecule has 0 bridgehead atoms. The van der Waals surface area contributed by atoms with Gasteiger partial charge >= 0.3 is 0 Å². The van der Waals surface area contributed by atoms with Gasteiger partial charge in [0, 0.05) is 26.2 Å². The van der Waals surface area contributed by atoms with Crippen LogP contribution in [-0.4, -0.2) is 53.4 Å². The minimum Gasteiger partial charge on any atom is -0.484 e. The maximum atomic E-state index is 12.7. The second-order valence-electron chi connectivity index (χ2n) is 8.65. The summed E-state index contributed by atoms with van der Waals surface area (Å²) in [5.41, 5.74) is 5.64. The summed E-state index contributed by atoms with van der Waals surface area (Å²) in [7, 11) is 0. The SMILES string of the molecule is Cc1nn(-c2ccccc2)c(C)c1N1CCN(C(=O)COc2ccc(C(C)C)cc2)CC1. The zero-order valence-corrected chi connectivity index (χ0v) is 19.4. The van der Waals surface area contributed by atoms with Crippen LogP contribution in [0.3, 0.4) is 0 Å². The second kappa shape index (κ2) is 9.47. The lowest BCUT2D eigenvalue weighted by atomic mass is 10.0. The number of para-hydroxylation sites is 1. The van der Waals surface area contributed by atoms with E-state index in [1.54, 1.807) is 0 Å². The fourth-order valence-corrected chi connectivity index (χ4v) is 4.28. The van der Waals surface area contributed by atoms with Crippen LogP contribution in [0.4, 0.5) is 5.69 Å². The number of anilines is 1. The van der Waals surface area contributed by atoms with Gasteiger partial charge in [-0.25, -0.2) is 4.68 Å². The van der Waals surface area contributed by atoms with Gasteiger partial charge in [0.05, 0.1) is 22.8 Å². The van der Waals surface area contributed by atoms with Crippen molar-refractivity contribution < 1.29 is 9.53 Å². The van der Waals surface area contributed by atoms with Crippen LogP contribution in [0.2, 0.25) is 0 Å². The molecule has 4 rings (SSSR count). The van der Waals surface area contributed by atoms with E-state index < -0.39 is 0 Å². The first kappa shape index (κ1) is 21.9. The lowest BCUT2D eigenvalue weighted by Crippen LogP contribution is -2.50. The fourth-order valence-electron chi connectivity index (χ4n) is 4.28. The third-order valence-electron chi connectivity index (χ3n) is 6.11. The van der Waals surface area contributed by atoms with E-state index in [2.05, 4.69) is 56.9 Å². The van der Waals surface area contributed by atoms with Gasteiger partial charge in [-0.1, -0.05) is 44.2 Å². The van der Waals surface area contributed by atoms with Crippen molar-refractivity contribution in [2.75, 3.05) is 37.7 Å². The number of ether oxygens (including phenoxy) is 1. The summed E-state index contributed by atoms with van der Waals surface area (Å²) >= 11 is 0. The Hall–Kier alpha value is -3.28. The Morgan fingerprint density at radius 2 is 1.62 bits per heavy atom. The lowest BCUT2D eigenvalue weighted by Gasteiger charge is -2.36. The number of nitrogens with zero attached hydrogens (tertiary/aromatic N) is 4. The van der Waals surface area contributed by atoms with Gasteiger partial charge in [0.2, 0.25) is 0 Å². The number of hydrogen-bond acceptors (Lipinski definition) is 4. The summed E-state index contributed by atoms with van der Waals surface area (Å²) < 4.78 is 7.74. The predicted octanol–water partition coefficient (Wildman–Crippen LogP) is 4.34. The highest BCUT2D eigenvalue weighted by atomic mass is 16.5. The van der Waals surface area contributed by atoms with Crippen LogP contribution in [0.5, 0.6) is 5.75 Å². The minimum absolute atomic E-state index is 0.0333. The molecule has 1 amide bonds. The van der Waals surface area contributed by atoms with Gasteiger partial charge in [0.1, 0.15) is 5.75 Å². The number of carbonyl (C=O) groups excluding carboxylic acids is 1. The standard InChI is InChI=1S/C26H32N4O2/c1-19(2)22-10-12-24(13-11-22)32-18-25(31)28-14-16-29(17-15-28)26-20(3)27-30(21(26)4)23-8-6-5-7-9-23/h5-13,19H,14-18H2,1-4H3. The number of benzene rings is 2. The van der Waals surface area contributed by atoms with Crippen molar-refractivity contribution in [1.29, 1.82) is 0 Å². The molecule has 6 heteroatoms. The van der Waals surface area contributed by atoms with Crippen molar-refractivity contribution >= 4 is 11.6 Å². The molecule has 3 aromatic rings. The molecule has 0 N–H and O–H groups in total. The molecule has 0 radical (unpaired) electrons. The zero-order valence-electron chi connectivity index (χ0n) is 19.4. The highest BCUT2D eigenvalue weighted by molar-refractivity contribution is 5.78. The van der Waals surface area contributed by atoms with E-state index in [0.717, 1.165) is 35.9 Å². The van der Waals surface area contributed by atoms with E-state index in [-0.39, 0.29) is 12.5 Å². The highest BCUT2D eigenvalue weighted by Gasteiger charge is 2.25. The third kappa shape index (κ3) is 4.64. The molecule has 1 aliphatic rings. The maximum Gasteiger partial charge on any atom is 0.260 e. The molecule has 32 heavy (non-hydrogen) atoms. The number of amides is 1. The maximum absolute atomic E-state index is 12.7. The Balaban J connectivity index is 1.34. The molecule has 2 aromatic carbocycles. The van der Waals surface area contributed by atoms with Crippen LogP contribution in [0.1, 0.15) is 36.7 Å². The first-order valence-electron chi connectivity index (χ1n) is 11.3. The van der Waals surface area contributed by atoms with Gasteiger partial charge in [-0.05, 0) is 49.6 Å². The Bertz CT molecular complexity index is 1050. The van der Waals surface area contributed by atoms with Crippen molar-refractivity contribution in [3.63, 3.8) is 0 Å². The first-order valence-corrected chi connectivity index (χ1v) is 11.3. The second-order valence-corrected chi connectivity index (χ2v) is 8.65. The van der Waals surface area contributed by atoms with Crippen molar-refractivity contribution in [2.45, 2.75) is 33.6 Å². The number of aryl methyl sites for hydroxylation is 1. The van der Waals surface area contributed by atoms with Crippen LogP contribution < -0.4 is 9.64 Å². The quantitative estimate of drug-likeness (QED) is 0.581. The van der Waals surface area contributed by atoms with Crippen LogP contribution in [0, 0.1) is 13.8 Å². The van der Waals surface area contributed by atoms with Gasteiger partial charge in [-0.15, -0.1) is 0 Å². The number of aromatic nitrogens is 2. The number of hydrogen-bond donors (Lipinski definition) is 0. The van der Waals surface area contributed by atoms with Gasteiger partial charge < -0.3 is 14.5 Å². The summed E-state index contributed by atoms with van der Waals surface area (Å²) in [6, 6.07) is 18.2.